The largest absolute Gasteiger partial charge is 0.349 e. The molecule has 1 saturated carbocycles. The van der Waals surface area contributed by atoms with Gasteiger partial charge in [-0.3, -0.25) is 4.79 Å². The van der Waals surface area contributed by atoms with Crippen LogP contribution in [0.1, 0.15) is 30.7 Å². The molecule has 0 radical (unpaired) electrons. The van der Waals surface area contributed by atoms with Gasteiger partial charge >= 0.3 is 0 Å². The molecule has 1 fully saturated rings. The zero-order valence-electron chi connectivity index (χ0n) is 8.03. The van der Waals surface area contributed by atoms with E-state index < -0.39 is 0 Å². The molecule has 0 spiro atoms. The number of carbonyl (C=O) groups excluding carboxylic acids is 1. The van der Waals surface area contributed by atoms with Crippen LogP contribution in [0.5, 0.6) is 0 Å². The van der Waals surface area contributed by atoms with Gasteiger partial charge in [-0.1, -0.05) is 12.8 Å². The van der Waals surface area contributed by atoms with Crippen LogP contribution < -0.4 is 5.32 Å². The number of nitrogens with zero attached hydrogens (tertiary/aromatic N) is 1. The van der Waals surface area contributed by atoms with Crippen LogP contribution in [0.25, 0.3) is 0 Å². The third-order valence-corrected chi connectivity index (χ3v) is 3.40. The topological polar surface area (TPSA) is 42.0 Å². The number of nitrogens with one attached hydrogen (secondary N) is 1. The smallest absolute Gasteiger partial charge is 0.223 e. The molecule has 4 heteroatoms. The molecule has 0 aromatic carbocycles. The average Bonchev–Trinajstić information content (AvgIpc) is 2.87. The highest BCUT2D eigenvalue weighted by Crippen LogP contribution is 2.24. The Kier molecular flexibility index (Phi) is 3.14. The number of hydrogen-bond donors (Lipinski definition) is 1. The van der Waals surface area contributed by atoms with E-state index in [4.69, 9.17) is 0 Å². The molecular formula is C10H14N2OS. The molecule has 14 heavy (non-hydrogen) atoms. The van der Waals surface area contributed by atoms with Crippen molar-refractivity contribution in [1.82, 2.24) is 10.3 Å². The van der Waals surface area contributed by atoms with Gasteiger partial charge in [0.2, 0.25) is 5.91 Å². The average molecular weight is 210 g/mol. The van der Waals surface area contributed by atoms with Crippen molar-refractivity contribution in [1.29, 1.82) is 0 Å². The van der Waals surface area contributed by atoms with Crippen molar-refractivity contribution in [2.24, 2.45) is 5.92 Å². The Hall–Kier alpha value is -0.900. The van der Waals surface area contributed by atoms with Crippen LogP contribution in [0.3, 0.4) is 0 Å². The van der Waals surface area contributed by atoms with Crippen LogP contribution in [0.15, 0.2) is 11.6 Å². The molecule has 0 unspecified atom stereocenters. The molecule has 1 amide bonds. The maximum atomic E-state index is 11.6. The molecule has 0 saturated heterocycles. The van der Waals surface area contributed by atoms with Gasteiger partial charge in [-0.05, 0) is 12.8 Å². The number of carbonyl (C=O) groups is 1. The van der Waals surface area contributed by atoms with Crippen molar-refractivity contribution in [2.75, 3.05) is 0 Å². The zero-order valence-corrected chi connectivity index (χ0v) is 8.85. The van der Waals surface area contributed by atoms with Gasteiger partial charge in [0.1, 0.15) is 5.01 Å². The number of aromatic nitrogens is 1. The first-order valence-corrected chi connectivity index (χ1v) is 5.90. The first-order valence-electron chi connectivity index (χ1n) is 5.02. The molecule has 0 atom stereocenters. The maximum Gasteiger partial charge on any atom is 0.223 e. The van der Waals surface area contributed by atoms with Gasteiger partial charge in [0.05, 0.1) is 6.54 Å². The first-order chi connectivity index (χ1) is 6.86. The Balaban J connectivity index is 1.77. The molecule has 1 aliphatic rings. The molecule has 1 aromatic rings. The molecule has 0 bridgehead atoms. The molecule has 1 aliphatic carbocycles. The lowest BCUT2D eigenvalue weighted by Gasteiger charge is -2.08. The summed E-state index contributed by atoms with van der Waals surface area (Å²) >= 11 is 1.58. The lowest BCUT2D eigenvalue weighted by Crippen LogP contribution is -2.28. The quantitative estimate of drug-likeness (QED) is 0.828. The maximum absolute atomic E-state index is 11.6. The van der Waals surface area contributed by atoms with E-state index in [1.807, 2.05) is 5.38 Å². The van der Waals surface area contributed by atoms with E-state index in [2.05, 4.69) is 10.3 Å². The number of hydrogen-bond acceptors (Lipinski definition) is 3. The monoisotopic (exact) mass is 210 g/mol. The van der Waals surface area contributed by atoms with Crippen molar-refractivity contribution >= 4 is 17.2 Å². The van der Waals surface area contributed by atoms with Crippen LogP contribution in [0.4, 0.5) is 0 Å². The van der Waals surface area contributed by atoms with Crippen molar-refractivity contribution in [3.8, 4) is 0 Å². The minimum Gasteiger partial charge on any atom is -0.349 e. The minimum atomic E-state index is 0.206. The summed E-state index contributed by atoms with van der Waals surface area (Å²) in [6.45, 7) is 0.590. The van der Waals surface area contributed by atoms with Gasteiger partial charge in [0.15, 0.2) is 0 Å². The zero-order chi connectivity index (χ0) is 9.80. The molecule has 1 heterocycles. The van der Waals surface area contributed by atoms with E-state index in [1.165, 1.54) is 12.8 Å². The second-order valence-corrected chi connectivity index (χ2v) is 4.60. The number of rotatable bonds is 3. The molecule has 76 valence electrons. The Morgan fingerprint density at radius 3 is 3.00 bits per heavy atom. The number of amides is 1. The van der Waals surface area contributed by atoms with Gasteiger partial charge in [-0.25, -0.2) is 4.98 Å². The van der Waals surface area contributed by atoms with Gasteiger partial charge in [0, 0.05) is 17.5 Å². The molecule has 3 nitrogen and oxygen atoms in total. The number of thiazole rings is 1. The molecule has 1 N–H and O–H groups in total. The van der Waals surface area contributed by atoms with Gasteiger partial charge in [0.25, 0.3) is 0 Å². The van der Waals surface area contributed by atoms with Gasteiger partial charge < -0.3 is 5.32 Å². The summed E-state index contributed by atoms with van der Waals surface area (Å²) < 4.78 is 0. The van der Waals surface area contributed by atoms with E-state index >= 15 is 0 Å². The highest BCUT2D eigenvalue weighted by molar-refractivity contribution is 7.09. The van der Waals surface area contributed by atoms with Crippen molar-refractivity contribution < 1.29 is 4.79 Å². The summed E-state index contributed by atoms with van der Waals surface area (Å²) in [7, 11) is 0. The SMILES string of the molecule is O=C(NCc1nccs1)C1CCCC1. The van der Waals surface area contributed by atoms with Crippen LogP contribution in [0.2, 0.25) is 0 Å². The summed E-state index contributed by atoms with van der Waals surface area (Å²) in [6, 6.07) is 0. The standard InChI is InChI=1S/C10H14N2OS/c13-10(8-3-1-2-4-8)12-7-9-11-5-6-14-9/h5-6,8H,1-4,7H2,(H,12,13). The van der Waals surface area contributed by atoms with Crippen LogP contribution in [-0.2, 0) is 11.3 Å². The van der Waals surface area contributed by atoms with E-state index in [9.17, 15) is 4.79 Å². The van der Waals surface area contributed by atoms with E-state index in [0.717, 1.165) is 17.8 Å². The van der Waals surface area contributed by atoms with E-state index in [-0.39, 0.29) is 11.8 Å². The lowest BCUT2D eigenvalue weighted by molar-refractivity contribution is -0.124. The Labute approximate surface area is 87.6 Å². The predicted molar refractivity (Wildman–Crippen MR) is 55.9 cm³/mol. The summed E-state index contributed by atoms with van der Waals surface area (Å²) in [4.78, 5) is 15.7. The fourth-order valence-corrected chi connectivity index (χ4v) is 2.39. The van der Waals surface area contributed by atoms with Crippen molar-refractivity contribution in [2.45, 2.75) is 32.2 Å². The molecule has 0 aliphatic heterocycles. The normalized spacial score (nSPS) is 17.1. The van der Waals surface area contributed by atoms with E-state index in [0.29, 0.717) is 6.54 Å². The second kappa shape index (κ2) is 4.55. The predicted octanol–water partition coefficient (Wildman–Crippen LogP) is 1.95. The first kappa shape index (κ1) is 9.65. The summed E-state index contributed by atoms with van der Waals surface area (Å²) in [5.74, 6) is 0.465. The Bertz CT molecular complexity index is 291. The summed E-state index contributed by atoms with van der Waals surface area (Å²) in [6.07, 6.45) is 6.29. The fraction of sp³-hybridized carbons (Fsp3) is 0.600. The van der Waals surface area contributed by atoms with Crippen LogP contribution in [-0.4, -0.2) is 10.9 Å². The third kappa shape index (κ3) is 2.32. The molecular weight excluding hydrogens is 196 g/mol. The second-order valence-electron chi connectivity index (χ2n) is 3.63. The molecule has 2 rings (SSSR count). The van der Waals surface area contributed by atoms with Crippen molar-refractivity contribution in [3.63, 3.8) is 0 Å². The third-order valence-electron chi connectivity index (χ3n) is 2.62. The van der Waals surface area contributed by atoms with Gasteiger partial charge in [-0.15, -0.1) is 11.3 Å². The van der Waals surface area contributed by atoms with Crippen molar-refractivity contribution in [3.05, 3.63) is 16.6 Å². The van der Waals surface area contributed by atoms with E-state index in [1.54, 1.807) is 17.5 Å². The Morgan fingerprint density at radius 1 is 1.57 bits per heavy atom. The minimum absolute atomic E-state index is 0.206. The highest BCUT2D eigenvalue weighted by Gasteiger charge is 2.22. The Morgan fingerprint density at radius 2 is 2.36 bits per heavy atom. The summed E-state index contributed by atoms with van der Waals surface area (Å²) in [5.41, 5.74) is 0. The van der Waals surface area contributed by atoms with Gasteiger partial charge in [-0.2, -0.15) is 0 Å². The van der Waals surface area contributed by atoms with Crippen LogP contribution >= 0.6 is 11.3 Å². The fourth-order valence-electron chi connectivity index (χ4n) is 1.84. The summed E-state index contributed by atoms with van der Waals surface area (Å²) in [5, 5.41) is 5.85. The van der Waals surface area contributed by atoms with Crippen LogP contribution in [0, 0.1) is 5.92 Å². The molecule has 1 aromatic heterocycles. The lowest BCUT2D eigenvalue weighted by atomic mass is 10.1. The highest BCUT2D eigenvalue weighted by atomic mass is 32.1.